The lowest BCUT2D eigenvalue weighted by Crippen LogP contribution is -2.43. The van der Waals surface area contributed by atoms with Gasteiger partial charge in [0.1, 0.15) is 0 Å². The van der Waals surface area contributed by atoms with Crippen LogP contribution in [0.1, 0.15) is 143 Å². The standard InChI is InChI=1S/C35H74N2O4/c1-6-8-10-12-14-16-18-20-22-32(3)34(38)30-37(25-27-41-29-28-40-26-24-36-5)31-35(39)33(4)23-21-19-17-15-13-11-9-7-2/h32-36,38-39H,6-31H2,1-5H3. The Bertz CT molecular complexity index is 477. The zero-order valence-corrected chi connectivity index (χ0v) is 28.4. The Kier molecular flexibility index (Phi) is 31.0. The number of hydrogen-bond donors (Lipinski definition) is 3. The van der Waals surface area contributed by atoms with E-state index in [1.165, 1.54) is 103 Å². The van der Waals surface area contributed by atoms with Crippen molar-refractivity contribution in [2.45, 2.75) is 155 Å². The van der Waals surface area contributed by atoms with Crippen LogP contribution in [0, 0.1) is 11.8 Å². The Morgan fingerprint density at radius 3 is 1.37 bits per heavy atom. The topological polar surface area (TPSA) is 74.2 Å². The molecule has 0 spiro atoms. The summed E-state index contributed by atoms with van der Waals surface area (Å²) in [7, 11) is 1.92. The predicted molar refractivity (Wildman–Crippen MR) is 177 cm³/mol. The van der Waals surface area contributed by atoms with Gasteiger partial charge in [-0.15, -0.1) is 0 Å². The molecule has 0 saturated heterocycles. The first-order valence-corrected chi connectivity index (χ1v) is 17.8. The summed E-state index contributed by atoms with van der Waals surface area (Å²) in [6.45, 7) is 14.1. The SMILES string of the molecule is CCCCCCCCCCC(C)C(O)CN(CCOCCOCCNC)CC(O)C(C)CCCCCCCCCC. The number of nitrogens with zero attached hydrogens (tertiary/aromatic N) is 1. The number of likely N-dealkylation sites (N-methyl/N-ethyl adjacent to an activating group) is 1. The minimum absolute atomic E-state index is 0.269. The Balaban J connectivity index is 4.48. The van der Waals surface area contributed by atoms with Crippen LogP contribution >= 0.6 is 0 Å². The second kappa shape index (κ2) is 31.2. The molecule has 0 aromatic rings. The minimum atomic E-state index is -0.375. The molecule has 3 N–H and O–H groups in total. The lowest BCUT2D eigenvalue weighted by atomic mass is 9.94. The van der Waals surface area contributed by atoms with Crippen molar-refractivity contribution in [2.24, 2.45) is 11.8 Å². The summed E-state index contributed by atoms with van der Waals surface area (Å²) in [6, 6.07) is 0. The molecule has 0 rings (SSSR count). The van der Waals surface area contributed by atoms with Crippen LogP contribution in [-0.4, -0.2) is 87.0 Å². The van der Waals surface area contributed by atoms with E-state index in [9.17, 15) is 10.2 Å². The fourth-order valence-electron chi connectivity index (χ4n) is 5.42. The van der Waals surface area contributed by atoms with Crippen LogP contribution in [0.15, 0.2) is 0 Å². The van der Waals surface area contributed by atoms with Crippen LogP contribution in [0.4, 0.5) is 0 Å². The van der Waals surface area contributed by atoms with E-state index in [0.717, 1.165) is 25.9 Å². The fourth-order valence-corrected chi connectivity index (χ4v) is 5.42. The van der Waals surface area contributed by atoms with E-state index in [2.05, 4.69) is 37.9 Å². The van der Waals surface area contributed by atoms with E-state index in [1.807, 2.05) is 7.05 Å². The third kappa shape index (κ3) is 27.1. The van der Waals surface area contributed by atoms with Crippen LogP contribution in [0.25, 0.3) is 0 Å². The molecule has 0 fully saturated rings. The highest BCUT2D eigenvalue weighted by molar-refractivity contribution is 4.75. The average molecular weight is 587 g/mol. The van der Waals surface area contributed by atoms with E-state index in [4.69, 9.17) is 9.47 Å². The summed E-state index contributed by atoms with van der Waals surface area (Å²) >= 11 is 0. The smallest absolute Gasteiger partial charge is 0.0701 e. The zero-order chi connectivity index (χ0) is 30.4. The summed E-state index contributed by atoms with van der Waals surface area (Å²) in [5.41, 5.74) is 0. The first kappa shape index (κ1) is 40.8. The van der Waals surface area contributed by atoms with Gasteiger partial charge in [0.05, 0.1) is 38.6 Å². The summed E-state index contributed by atoms with van der Waals surface area (Å²) in [5.74, 6) is 0.539. The number of ether oxygens (including phenoxy) is 2. The first-order chi connectivity index (χ1) is 20.0. The Hall–Kier alpha value is -0.240. The highest BCUT2D eigenvalue weighted by atomic mass is 16.5. The molecule has 0 aromatic heterocycles. The molecule has 0 bridgehead atoms. The van der Waals surface area contributed by atoms with Crippen molar-refractivity contribution in [2.75, 3.05) is 59.7 Å². The molecule has 0 heterocycles. The molecule has 6 heteroatoms. The van der Waals surface area contributed by atoms with Crippen molar-refractivity contribution in [3.05, 3.63) is 0 Å². The molecule has 0 saturated carbocycles. The normalized spacial score (nSPS) is 14.9. The Morgan fingerprint density at radius 2 is 0.951 bits per heavy atom. The molecule has 248 valence electrons. The molecular formula is C35H74N2O4. The lowest BCUT2D eigenvalue weighted by molar-refractivity contribution is 0.00272. The number of aliphatic hydroxyl groups is 2. The van der Waals surface area contributed by atoms with E-state index >= 15 is 0 Å². The average Bonchev–Trinajstić information content (AvgIpc) is 2.96. The van der Waals surface area contributed by atoms with E-state index in [0.29, 0.717) is 39.5 Å². The third-order valence-corrected chi connectivity index (χ3v) is 8.65. The molecule has 41 heavy (non-hydrogen) atoms. The van der Waals surface area contributed by atoms with Gasteiger partial charge in [0, 0.05) is 26.2 Å². The summed E-state index contributed by atoms with van der Waals surface area (Å²) < 4.78 is 11.4. The molecule has 0 amide bonds. The highest BCUT2D eigenvalue weighted by Gasteiger charge is 2.22. The zero-order valence-electron chi connectivity index (χ0n) is 28.4. The van der Waals surface area contributed by atoms with Crippen LogP contribution < -0.4 is 5.32 Å². The number of unbranched alkanes of at least 4 members (excludes halogenated alkanes) is 14. The summed E-state index contributed by atoms with van der Waals surface area (Å²) in [6.07, 6.45) is 22.5. The van der Waals surface area contributed by atoms with E-state index in [-0.39, 0.29) is 24.0 Å². The Morgan fingerprint density at radius 1 is 0.561 bits per heavy atom. The number of hydrogen-bond acceptors (Lipinski definition) is 6. The van der Waals surface area contributed by atoms with Gasteiger partial charge in [-0.05, 0) is 31.7 Å². The van der Waals surface area contributed by atoms with Crippen molar-refractivity contribution < 1.29 is 19.7 Å². The number of rotatable bonds is 33. The molecule has 4 unspecified atom stereocenters. The predicted octanol–water partition coefficient (Wildman–Crippen LogP) is 7.60. The van der Waals surface area contributed by atoms with Gasteiger partial charge in [-0.1, -0.05) is 130 Å². The van der Waals surface area contributed by atoms with Crippen molar-refractivity contribution >= 4 is 0 Å². The van der Waals surface area contributed by atoms with Crippen molar-refractivity contribution in [1.29, 1.82) is 0 Å². The first-order valence-electron chi connectivity index (χ1n) is 17.8. The van der Waals surface area contributed by atoms with Gasteiger partial charge in [0.15, 0.2) is 0 Å². The maximum absolute atomic E-state index is 11.1. The molecule has 0 radical (unpaired) electrons. The minimum Gasteiger partial charge on any atom is -0.392 e. The van der Waals surface area contributed by atoms with Gasteiger partial charge in [-0.3, -0.25) is 4.90 Å². The Labute approximate surface area is 256 Å². The van der Waals surface area contributed by atoms with Crippen LogP contribution in [0.2, 0.25) is 0 Å². The van der Waals surface area contributed by atoms with Crippen molar-refractivity contribution in [3.63, 3.8) is 0 Å². The molecule has 0 aromatic carbocycles. The van der Waals surface area contributed by atoms with Gasteiger partial charge >= 0.3 is 0 Å². The molecule has 0 aliphatic rings. The maximum atomic E-state index is 11.1. The highest BCUT2D eigenvalue weighted by Crippen LogP contribution is 2.19. The largest absolute Gasteiger partial charge is 0.392 e. The van der Waals surface area contributed by atoms with Gasteiger partial charge in [0.25, 0.3) is 0 Å². The molecule has 6 nitrogen and oxygen atoms in total. The fraction of sp³-hybridized carbons (Fsp3) is 1.00. The number of nitrogens with one attached hydrogen (secondary N) is 1. The number of aliphatic hydroxyl groups excluding tert-OH is 2. The van der Waals surface area contributed by atoms with Crippen molar-refractivity contribution in [3.8, 4) is 0 Å². The summed E-state index contributed by atoms with van der Waals surface area (Å²) in [5, 5.41) is 25.2. The lowest BCUT2D eigenvalue weighted by Gasteiger charge is -2.31. The maximum Gasteiger partial charge on any atom is 0.0701 e. The molecule has 0 aliphatic carbocycles. The van der Waals surface area contributed by atoms with Gasteiger partial charge in [-0.2, -0.15) is 0 Å². The molecule has 0 aliphatic heterocycles. The van der Waals surface area contributed by atoms with E-state index in [1.54, 1.807) is 0 Å². The van der Waals surface area contributed by atoms with Gasteiger partial charge < -0.3 is 25.0 Å². The molecular weight excluding hydrogens is 512 g/mol. The van der Waals surface area contributed by atoms with Crippen LogP contribution in [-0.2, 0) is 9.47 Å². The van der Waals surface area contributed by atoms with Gasteiger partial charge in [0.2, 0.25) is 0 Å². The van der Waals surface area contributed by atoms with Gasteiger partial charge in [-0.25, -0.2) is 0 Å². The second-order valence-corrected chi connectivity index (χ2v) is 12.7. The van der Waals surface area contributed by atoms with E-state index < -0.39 is 0 Å². The second-order valence-electron chi connectivity index (χ2n) is 12.7. The van der Waals surface area contributed by atoms with Crippen LogP contribution in [0.3, 0.4) is 0 Å². The monoisotopic (exact) mass is 587 g/mol. The summed E-state index contributed by atoms with van der Waals surface area (Å²) in [4.78, 5) is 2.23. The van der Waals surface area contributed by atoms with Crippen molar-refractivity contribution in [1.82, 2.24) is 10.2 Å². The third-order valence-electron chi connectivity index (χ3n) is 8.65. The molecule has 4 atom stereocenters. The van der Waals surface area contributed by atoms with Crippen LogP contribution in [0.5, 0.6) is 0 Å². The quantitative estimate of drug-likeness (QED) is 0.0688.